The number of fused-ring (bicyclic) bond motifs is 1. The lowest BCUT2D eigenvalue weighted by atomic mass is 10.2. The van der Waals surface area contributed by atoms with Crippen molar-refractivity contribution in [2.24, 2.45) is 9.98 Å². The number of hydrogen-bond donors (Lipinski definition) is 0. The minimum absolute atomic E-state index is 0.265. The third-order valence-corrected chi connectivity index (χ3v) is 1.84. The molecule has 1 aromatic rings. The molecule has 1 aliphatic heterocycles. The summed E-state index contributed by atoms with van der Waals surface area (Å²) in [5.74, 6) is -0.265. The van der Waals surface area contributed by atoms with Crippen LogP contribution in [0.4, 0.5) is 0 Å². The first-order valence-corrected chi connectivity index (χ1v) is 4.23. The van der Waals surface area contributed by atoms with Crippen molar-refractivity contribution in [3.63, 3.8) is 0 Å². The Morgan fingerprint density at radius 2 is 1.79 bits per heavy atom. The lowest BCUT2D eigenvalue weighted by Crippen LogP contribution is -2.24. The molecule has 0 aliphatic carbocycles. The molecule has 3 nitrogen and oxygen atoms in total. The highest BCUT2D eigenvalue weighted by Gasteiger charge is 1.92. The zero-order valence-electron chi connectivity index (χ0n) is 7.42. The number of benzene rings is 1. The van der Waals surface area contributed by atoms with Crippen molar-refractivity contribution >= 4 is 30.6 Å². The van der Waals surface area contributed by atoms with Crippen molar-refractivity contribution in [1.82, 2.24) is 0 Å². The first kappa shape index (κ1) is 8.56. The predicted molar refractivity (Wildman–Crippen MR) is 56.6 cm³/mol. The molecule has 68 valence electrons. The summed E-state index contributed by atoms with van der Waals surface area (Å²) in [6.45, 7) is 0. The molecule has 0 N–H and O–H groups in total. The van der Waals surface area contributed by atoms with Crippen LogP contribution in [0, 0.1) is 0 Å². The maximum absolute atomic E-state index is 11.2. The van der Waals surface area contributed by atoms with E-state index in [0.29, 0.717) is 0 Å². The van der Waals surface area contributed by atoms with Gasteiger partial charge in [-0.1, -0.05) is 24.3 Å². The lowest BCUT2D eigenvalue weighted by Gasteiger charge is -1.86. The van der Waals surface area contributed by atoms with E-state index in [9.17, 15) is 4.79 Å². The van der Waals surface area contributed by atoms with Gasteiger partial charge in [-0.25, -0.2) is 4.99 Å². The van der Waals surface area contributed by atoms with Gasteiger partial charge in [-0.2, -0.15) is 0 Å². The number of nitrogens with zero attached hydrogens (tertiary/aromatic N) is 2. The van der Waals surface area contributed by atoms with Crippen LogP contribution in [-0.4, -0.2) is 18.3 Å². The second-order valence-electron chi connectivity index (χ2n) is 2.82. The van der Waals surface area contributed by atoms with Crippen molar-refractivity contribution < 1.29 is 4.79 Å². The van der Waals surface area contributed by atoms with Crippen LogP contribution in [0.2, 0.25) is 0 Å². The van der Waals surface area contributed by atoms with Crippen LogP contribution >= 0.6 is 0 Å². The largest absolute Gasteiger partial charge is 0.270 e. The summed E-state index contributed by atoms with van der Waals surface area (Å²) in [4.78, 5) is 18.9. The molecule has 0 saturated heterocycles. The topological polar surface area (TPSA) is 41.8 Å². The lowest BCUT2D eigenvalue weighted by molar-refractivity contribution is -0.112. The Bertz CT molecular complexity index is 526. The van der Waals surface area contributed by atoms with Gasteiger partial charge >= 0.3 is 0 Å². The van der Waals surface area contributed by atoms with Crippen molar-refractivity contribution in [1.29, 1.82) is 0 Å². The molecule has 0 bridgehead atoms. The smallest absolute Gasteiger partial charge is 0.267 e. The normalized spacial score (nSPS) is 23.9. The summed E-state index contributed by atoms with van der Waals surface area (Å²) in [7, 11) is 0. The monoisotopic (exact) mass is 184 g/mol. The van der Waals surface area contributed by atoms with E-state index < -0.39 is 0 Å². The summed E-state index contributed by atoms with van der Waals surface area (Å²) in [6.07, 6.45) is 6.09. The molecule has 0 saturated carbocycles. The number of hydrogen-bond acceptors (Lipinski definition) is 2. The molecule has 1 heterocycles. The second kappa shape index (κ2) is 3.79. The quantitative estimate of drug-likeness (QED) is 0.554. The number of aliphatic imine (C=N–C) groups is 2. The van der Waals surface area contributed by atoms with Gasteiger partial charge in [-0.15, -0.1) is 0 Å². The maximum atomic E-state index is 11.2. The maximum Gasteiger partial charge on any atom is 0.270 e. The van der Waals surface area contributed by atoms with E-state index in [4.69, 9.17) is 0 Å². The molecule has 1 aromatic carbocycles. The average molecular weight is 184 g/mol. The standard InChI is InChI=1S/C11H8N2O/c14-11-7-9-3-1-2-4-10(9)8-12-5-6-13-11/h1-8H/b9-7+,10-8-,12-5+,13-6-. The molecule has 0 atom stereocenters. The van der Waals surface area contributed by atoms with Crippen molar-refractivity contribution in [3.8, 4) is 0 Å². The Labute approximate surface area is 80.8 Å². The highest BCUT2D eigenvalue weighted by atomic mass is 16.1. The molecular formula is C11H8N2O. The van der Waals surface area contributed by atoms with Gasteiger partial charge in [0.25, 0.3) is 5.91 Å². The second-order valence-corrected chi connectivity index (χ2v) is 2.82. The van der Waals surface area contributed by atoms with Gasteiger partial charge < -0.3 is 0 Å². The number of amides is 1. The minimum Gasteiger partial charge on any atom is -0.267 e. The molecule has 0 fully saturated rings. The number of carbonyl (C=O) groups is 1. The first-order chi connectivity index (χ1) is 6.86. The van der Waals surface area contributed by atoms with E-state index >= 15 is 0 Å². The van der Waals surface area contributed by atoms with Gasteiger partial charge in [0.15, 0.2) is 0 Å². The van der Waals surface area contributed by atoms with E-state index in [1.54, 1.807) is 6.20 Å². The zero-order valence-corrected chi connectivity index (χ0v) is 7.42. The van der Waals surface area contributed by atoms with Gasteiger partial charge in [0.2, 0.25) is 0 Å². The van der Waals surface area contributed by atoms with Crippen molar-refractivity contribution in [2.45, 2.75) is 0 Å². The Morgan fingerprint density at radius 3 is 2.64 bits per heavy atom. The number of rotatable bonds is 0. The van der Waals surface area contributed by atoms with Crippen LogP contribution in [0.3, 0.4) is 0 Å². The van der Waals surface area contributed by atoms with E-state index in [-0.39, 0.29) is 5.91 Å². The SMILES string of the molecule is O=C1\C=c2/cccc/c2=C/N=C/C=N\1. The highest BCUT2D eigenvalue weighted by Crippen LogP contribution is 1.80. The molecule has 1 amide bonds. The molecule has 0 aromatic heterocycles. The summed E-state index contributed by atoms with van der Waals surface area (Å²) >= 11 is 0. The van der Waals surface area contributed by atoms with E-state index in [2.05, 4.69) is 9.98 Å². The molecule has 14 heavy (non-hydrogen) atoms. The first-order valence-electron chi connectivity index (χ1n) is 4.23. The van der Waals surface area contributed by atoms with E-state index in [1.807, 2.05) is 24.3 Å². The van der Waals surface area contributed by atoms with Crippen LogP contribution in [0.25, 0.3) is 12.3 Å². The van der Waals surface area contributed by atoms with Crippen LogP contribution in [0.15, 0.2) is 34.3 Å². The molecule has 2 rings (SSSR count). The Hall–Kier alpha value is -2.03. The van der Waals surface area contributed by atoms with E-state index in [1.165, 1.54) is 18.5 Å². The third kappa shape index (κ3) is 1.82. The van der Waals surface area contributed by atoms with Crippen LogP contribution < -0.4 is 10.4 Å². The summed E-state index contributed by atoms with van der Waals surface area (Å²) in [6, 6.07) is 7.55. The fourth-order valence-electron chi connectivity index (χ4n) is 1.20. The fraction of sp³-hybridized carbons (Fsp3) is 0. The van der Waals surface area contributed by atoms with Crippen molar-refractivity contribution in [3.05, 3.63) is 34.7 Å². The molecule has 0 unspecified atom stereocenters. The Morgan fingerprint density at radius 1 is 1.00 bits per heavy atom. The fourth-order valence-corrected chi connectivity index (χ4v) is 1.20. The molecule has 0 radical (unpaired) electrons. The van der Waals surface area contributed by atoms with Gasteiger partial charge in [0, 0.05) is 29.9 Å². The van der Waals surface area contributed by atoms with Crippen LogP contribution in [0.5, 0.6) is 0 Å². The Kier molecular flexibility index (Phi) is 2.32. The average Bonchev–Trinajstić information content (AvgIpc) is 2.27. The highest BCUT2D eigenvalue weighted by molar-refractivity contribution is 6.22. The van der Waals surface area contributed by atoms with Gasteiger partial charge in [0.1, 0.15) is 0 Å². The summed E-state index contributed by atoms with van der Waals surface area (Å²) in [5.41, 5.74) is 0. The summed E-state index contributed by atoms with van der Waals surface area (Å²) in [5, 5.41) is 1.76. The third-order valence-electron chi connectivity index (χ3n) is 1.84. The Balaban J connectivity index is 2.76. The van der Waals surface area contributed by atoms with Gasteiger partial charge in [-0.05, 0) is 5.22 Å². The van der Waals surface area contributed by atoms with Crippen LogP contribution in [-0.2, 0) is 4.79 Å². The summed E-state index contributed by atoms with van der Waals surface area (Å²) < 4.78 is 0. The van der Waals surface area contributed by atoms with Crippen LogP contribution in [0.1, 0.15) is 0 Å². The van der Waals surface area contributed by atoms with Crippen molar-refractivity contribution in [2.75, 3.05) is 0 Å². The molecule has 1 aliphatic rings. The predicted octanol–water partition coefficient (Wildman–Crippen LogP) is -0.113. The van der Waals surface area contributed by atoms with Gasteiger partial charge in [0.05, 0.1) is 0 Å². The zero-order chi connectivity index (χ0) is 9.80. The number of carbonyl (C=O) groups excluding carboxylic acids is 1. The molecular weight excluding hydrogens is 176 g/mol. The molecule has 0 spiro atoms. The van der Waals surface area contributed by atoms with Gasteiger partial charge in [-0.3, -0.25) is 9.79 Å². The molecule has 3 heteroatoms. The van der Waals surface area contributed by atoms with E-state index in [0.717, 1.165) is 10.4 Å². The minimum atomic E-state index is -0.265.